The average Bonchev–Trinajstić information content (AvgIpc) is 2.26. The van der Waals surface area contributed by atoms with Gasteiger partial charge in [-0.1, -0.05) is 33.8 Å². The molecule has 1 aromatic rings. The maximum absolute atomic E-state index is 4.14. The predicted molar refractivity (Wildman–Crippen MR) is 73.8 cm³/mol. The van der Waals surface area contributed by atoms with Crippen LogP contribution in [-0.2, 0) is 6.54 Å². The fraction of sp³-hybridized carbons (Fsp3) is 0.667. The van der Waals surface area contributed by atoms with Gasteiger partial charge in [-0.15, -0.1) is 0 Å². The molecule has 0 fully saturated rings. The maximum atomic E-state index is 4.14. The first kappa shape index (κ1) is 14.2. The molecule has 0 spiro atoms. The summed E-state index contributed by atoms with van der Waals surface area (Å²) in [7, 11) is 0. The molecule has 1 aromatic heterocycles. The van der Waals surface area contributed by atoms with E-state index in [1.54, 1.807) is 0 Å². The lowest BCUT2D eigenvalue weighted by Crippen LogP contribution is -2.31. The van der Waals surface area contributed by atoms with Crippen molar-refractivity contribution in [2.45, 2.75) is 53.1 Å². The van der Waals surface area contributed by atoms with Gasteiger partial charge in [0, 0.05) is 25.0 Å². The van der Waals surface area contributed by atoms with E-state index in [-0.39, 0.29) is 0 Å². The van der Waals surface area contributed by atoms with Crippen molar-refractivity contribution in [3.05, 3.63) is 30.1 Å². The number of rotatable bonds is 7. The lowest BCUT2D eigenvalue weighted by atomic mass is 9.95. The highest BCUT2D eigenvalue weighted by Gasteiger charge is 2.12. The van der Waals surface area contributed by atoms with Gasteiger partial charge in [0.05, 0.1) is 0 Å². The fourth-order valence-corrected chi connectivity index (χ4v) is 2.17. The summed E-state index contributed by atoms with van der Waals surface area (Å²) in [6.07, 6.45) is 6.26. The van der Waals surface area contributed by atoms with Gasteiger partial charge in [-0.05, 0) is 36.3 Å². The maximum Gasteiger partial charge on any atom is 0.0312 e. The molecule has 2 nitrogen and oxygen atoms in total. The van der Waals surface area contributed by atoms with Crippen LogP contribution < -0.4 is 5.32 Å². The van der Waals surface area contributed by atoms with Gasteiger partial charge in [0.15, 0.2) is 0 Å². The largest absolute Gasteiger partial charge is 0.310 e. The topological polar surface area (TPSA) is 24.9 Å². The second kappa shape index (κ2) is 7.44. The van der Waals surface area contributed by atoms with Crippen LogP contribution in [-0.4, -0.2) is 11.0 Å². The second-order valence-corrected chi connectivity index (χ2v) is 5.70. The van der Waals surface area contributed by atoms with E-state index < -0.39 is 0 Å². The van der Waals surface area contributed by atoms with Crippen LogP contribution in [0, 0.1) is 11.8 Å². The fourth-order valence-electron chi connectivity index (χ4n) is 2.17. The number of nitrogens with one attached hydrogen (secondary N) is 1. The zero-order valence-corrected chi connectivity index (χ0v) is 11.6. The third kappa shape index (κ3) is 6.42. The Balaban J connectivity index is 2.43. The minimum atomic E-state index is 0.621. The molecular weight excluding hydrogens is 208 g/mol. The molecule has 0 saturated heterocycles. The van der Waals surface area contributed by atoms with E-state index in [4.69, 9.17) is 0 Å². The number of hydrogen-bond acceptors (Lipinski definition) is 2. The van der Waals surface area contributed by atoms with Crippen molar-refractivity contribution in [3.8, 4) is 0 Å². The molecule has 0 aliphatic carbocycles. The molecule has 0 amide bonds. The van der Waals surface area contributed by atoms with Gasteiger partial charge in [0.2, 0.25) is 0 Å². The molecule has 0 aromatic carbocycles. The smallest absolute Gasteiger partial charge is 0.0312 e. The van der Waals surface area contributed by atoms with E-state index >= 15 is 0 Å². The molecule has 1 N–H and O–H groups in total. The third-order valence-corrected chi connectivity index (χ3v) is 2.83. The third-order valence-electron chi connectivity index (χ3n) is 2.83. The number of nitrogens with zero attached hydrogens (tertiary/aromatic N) is 1. The number of hydrogen-bond donors (Lipinski definition) is 1. The molecule has 96 valence electrons. The van der Waals surface area contributed by atoms with Gasteiger partial charge in [0.25, 0.3) is 0 Å². The monoisotopic (exact) mass is 234 g/mol. The molecule has 2 heteroatoms. The molecule has 0 saturated carbocycles. The highest BCUT2D eigenvalue weighted by atomic mass is 14.9. The van der Waals surface area contributed by atoms with Crippen LogP contribution >= 0.6 is 0 Å². The van der Waals surface area contributed by atoms with E-state index in [1.807, 2.05) is 18.5 Å². The number of pyridine rings is 1. The van der Waals surface area contributed by atoms with Gasteiger partial charge < -0.3 is 5.32 Å². The standard InChI is InChI=1S/C15H26N2/c1-12(2)8-15(9-13(3)4)17-11-14-6-5-7-16-10-14/h5-7,10,12-13,15,17H,8-9,11H2,1-4H3. The normalized spacial score (nSPS) is 11.7. The average molecular weight is 234 g/mol. The summed E-state index contributed by atoms with van der Waals surface area (Å²) in [5.74, 6) is 1.50. The molecule has 0 aliphatic heterocycles. The van der Waals surface area contributed by atoms with Crippen LogP contribution in [0.4, 0.5) is 0 Å². The van der Waals surface area contributed by atoms with Crippen molar-refractivity contribution in [3.63, 3.8) is 0 Å². The van der Waals surface area contributed by atoms with Crippen molar-refractivity contribution in [2.24, 2.45) is 11.8 Å². The lowest BCUT2D eigenvalue weighted by molar-refractivity contribution is 0.358. The summed E-state index contributed by atoms with van der Waals surface area (Å²) in [4.78, 5) is 4.14. The van der Waals surface area contributed by atoms with Gasteiger partial charge in [-0.25, -0.2) is 0 Å². The lowest BCUT2D eigenvalue weighted by Gasteiger charge is -2.22. The molecule has 0 atom stereocenters. The van der Waals surface area contributed by atoms with E-state index in [0.717, 1.165) is 18.4 Å². The molecule has 17 heavy (non-hydrogen) atoms. The predicted octanol–water partition coefficient (Wildman–Crippen LogP) is 3.63. The van der Waals surface area contributed by atoms with Crippen molar-refractivity contribution in [1.29, 1.82) is 0 Å². The quantitative estimate of drug-likeness (QED) is 0.779. The summed E-state index contributed by atoms with van der Waals surface area (Å²) in [6.45, 7) is 10.1. The Morgan fingerprint density at radius 3 is 2.24 bits per heavy atom. The summed E-state index contributed by atoms with van der Waals surface area (Å²) in [5.41, 5.74) is 1.27. The Labute approximate surface area is 106 Å². The minimum Gasteiger partial charge on any atom is -0.310 e. The van der Waals surface area contributed by atoms with Crippen LogP contribution in [0.3, 0.4) is 0 Å². The number of aromatic nitrogens is 1. The highest BCUT2D eigenvalue weighted by Crippen LogP contribution is 2.13. The molecule has 1 rings (SSSR count). The summed E-state index contributed by atoms with van der Waals surface area (Å²) in [5, 5.41) is 3.66. The Kier molecular flexibility index (Phi) is 6.20. The van der Waals surface area contributed by atoms with E-state index in [2.05, 4.69) is 44.1 Å². The van der Waals surface area contributed by atoms with Crippen LogP contribution in [0.1, 0.15) is 46.1 Å². The molecule has 0 unspecified atom stereocenters. The molecule has 0 radical (unpaired) electrons. The Morgan fingerprint density at radius 2 is 1.76 bits per heavy atom. The minimum absolute atomic E-state index is 0.621. The first-order chi connectivity index (χ1) is 8.08. The van der Waals surface area contributed by atoms with Crippen molar-refractivity contribution in [1.82, 2.24) is 10.3 Å². The van der Waals surface area contributed by atoms with E-state index in [0.29, 0.717) is 6.04 Å². The van der Waals surface area contributed by atoms with E-state index in [1.165, 1.54) is 18.4 Å². The van der Waals surface area contributed by atoms with Crippen molar-refractivity contribution < 1.29 is 0 Å². The Morgan fingerprint density at radius 1 is 1.12 bits per heavy atom. The van der Waals surface area contributed by atoms with Gasteiger partial charge in [-0.3, -0.25) is 4.98 Å². The highest BCUT2D eigenvalue weighted by molar-refractivity contribution is 5.08. The van der Waals surface area contributed by atoms with Crippen LogP contribution in [0.2, 0.25) is 0 Å². The van der Waals surface area contributed by atoms with E-state index in [9.17, 15) is 0 Å². The molecule has 1 heterocycles. The zero-order valence-electron chi connectivity index (χ0n) is 11.6. The van der Waals surface area contributed by atoms with Crippen LogP contribution in [0.15, 0.2) is 24.5 Å². The molecular formula is C15H26N2. The van der Waals surface area contributed by atoms with Crippen LogP contribution in [0.25, 0.3) is 0 Å². The second-order valence-electron chi connectivity index (χ2n) is 5.70. The van der Waals surface area contributed by atoms with Crippen LogP contribution in [0.5, 0.6) is 0 Å². The molecule has 0 aliphatic rings. The Bertz CT molecular complexity index is 283. The van der Waals surface area contributed by atoms with Crippen molar-refractivity contribution >= 4 is 0 Å². The summed E-state index contributed by atoms with van der Waals surface area (Å²) < 4.78 is 0. The zero-order chi connectivity index (χ0) is 12.7. The van der Waals surface area contributed by atoms with Gasteiger partial charge >= 0.3 is 0 Å². The first-order valence-electron chi connectivity index (χ1n) is 6.70. The molecule has 0 bridgehead atoms. The SMILES string of the molecule is CC(C)CC(CC(C)C)NCc1cccnc1. The van der Waals surface area contributed by atoms with Gasteiger partial charge in [0.1, 0.15) is 0 Å². The first-order valence-corrected chi connectivity index (χ1v) is 6.70. The van der Waals surface area contributed by atoms with Gasteiger partial charge in [-0.2, -0.15) is 0 Å². The summed E-state index contributed by atoms with van der Waals surface area (Å²) in [6, 6.07) is 4.74. The Hall–Kier alpha value is -0.890. The van der Waals surface area contributed by atoms with Crippen molar-refractivity contribution in [2.75, 3.05) is 0 Å². The summed E-state index contributed by atoms with van der Waals surface area (Å²) >= 11 is 0.